The molecule has 10 aromatic rings. The Labute approximate surface area is 324 Å². The molecule has 56 heavy (non-hydrogen) atoms. The Bertz CT molecular complexity index is 2970. The molecule has 0 bridgehead atoms. The van der Waals surface area contributed by atoms with Crippen molar-refractivity contribution in [1.29, 1.82) is 0 Å². The van der Waals surface area contributed by atoms with Gasteiger partial charge in [0, 0.05) is 27.5 Å². The number of hydrogen-bond acceptors (Lipinski definition) is 4. The zero-order valence-electron chi connectivity index (χ0n) is 30.3. The SMILES string of the molecule is c1ccc(-c2nc(-c3ccccc3)nc(-c3cccc(-c4cccc5oc6cc7c(cc6c45)-c4ccccc4C7(c4ccccc4)c4ccccc4)c3)n2)cc1. The fraction of sp³-hybridized carbons (Fsp3) is 0.0192. The van der Waals surface area contributed by atoms with Crippen LogP contribution in [-0.4, -0.2) is 15.0 Å². The lowest BCUT2D eigenvalue weighted by Gasteiger charge is -2.33. The number of benzene rings is 8. The number of aromatic nitrogens is 3. The summed E-state index contributed by atoms with van der Waals surface area (Å²) in [7, 11) is 0. The highest BCUT2D eigenvalue weighted by molar-refractivity contribution is 6.14. The Morgan fingerprint density at radius 1 is 0.339 bits per heavy atom. The molecule has 0 atom stereocenters. The van der Waals surface area contributed by atoms with Gasteiger partial charge in [0.1, 0.15) is 11.2 Å². The van der Waals surface area contributed by atoms with Gasteiger partial charge in [-0.05, 0) is 68.8 Å². The van der Waals surface area contributed by atoms with E-state index in [0.29, 0.717) is 17.5 Å². The molecular formula is C52H33N3O. The van der Waals surface area contributed by atoms with Crippen molar-refractivity contribution < 1.29 is 4.42 Å². The molecule has 0 saturated heterocycles. The van der Waals surface area contributed by atoms with E-state index in [4.69, 9.17) is 19.4 Å². The Morgan fingerprint density at radius 3 is 1.48 bits per heavy atom. The largest absolute Gasteiger partial charge is 0.456 e. The second kappa shape index (κ2) is 12.9. The minimum absolute atomic E-state index is 0.499. The maximum atomic E-state index is 6.82. The van der Waals surface area contributed by atoms with Gasteiger partial charge in [-0.3, -0.25) is 0 Å². The zero-order chi connectivity index (χ0) is 37.1. The predicted octanol–water partition coefficient (Wildman–Crippen LogP) is 12.8. The summed E-state index contributed by atoms with van der Waals surface area (Å²) in [6.45, 7) is 0. The Hall–Kier alpha value is -7.43. The summed E-state index contributed by atoms with van der Waals surface area (Å²) >= 11 is 0. The van der Waals surface area contributed by atoms with Crippen LogP contribution in [-0.2, 0) is 5.41 Å². The van der Waals surface area contributed by atoms with Crippen molar-refractivity contribution in [3.63, 3.8) is 0 Å². The normalized spacial score (nSPS) is 12.8. The Morgan fingerprint density at radius 2 is 0.839 bits per heavy atom. The number of fused-ring (bicyclic) bond motifs is 6. The van der Waals surface area contributed by atoms with Gasteiger partial charge < -0.3 is 4.42 Å². The van der Waals surface area contributed by atoms with Crippen molar-refractivity contribution in [3.8, 4) is 56.4 Å². The summed E-state index contributed by atoms with van der Waals surface area (Å²) < 4.78 is 6.82. The third-order valence-electron chi connectivity index (χ3n) is 11.2. The van der Waals surface area contributed by atoms with Gasteiger partial charge in [0.05, 0.1) is 5.41 Å². The molecule has 262 valence electrons. The van der Waals surface area contributed by atoms with Crippen molar-refractivity contribution in [2.75, 3.05) is 0 Å². The van der Waals surface area contributed by atoms with Crippen molar-refractivity contribution >= 4 is 21.9 Å². The van der Waals surface area contributed by atoms with E-state index >= 15 is 0 Å². The van der Waals surface area contributed by atoms with E-state index in [1.165, 1.54) is 33.4 Å². The summed E-state index contributed by atoms with van der Waals surface area (Å²) in [5.74, 6) is 1.90. The summed E-state index contributed by atoms with van der Waals surface area (Å²) in [5, 5.41) is 2.17. The van der Waals surface area contributed by atoms with E-state index in [-0.39, 0.29) is 0 Å². The molecule has 0 N–H and O–H groups in total. The topological polar surface area (TPSA) is 51.8 Å². The maximum Gasteiger partial charge on any atom is 0.164 e. The van der Waals surface area contributed by atoms with Crippen molar-refractivity contribution in [2.45, 2.75) is 5.41 Å². The van der Waals surface area contributed by atoms with Crippen LogP contribution in [0.2, 0.25) is 0 Å². The van der Waals surface area contributed by atoms with Gasteiger partial charge in [-0.15, -0.1) is 0 Å². The van der Waals surface area contributed by atoms with Crippen LogP contribution in [0.4, 0.5) is 0 Å². The predicted molar refractivity (Wildman–Crippen MR) is 226 cm³/mol. The van der Waals surface area contributed by atoms with E-state index in [1.54, 1.807) is 0 Å². The van der Waals surface area contributed by atoms with Gasteiger partial charge in [0.2, 0.25) is 0 Å². The van der Waals surface area contributed by atoms with Gasteiger partial charge in [-0.2, -0.15) is 0 Å². The first kappa shape index (κ1) is 32.0. The summed E-state index contributed by atoms with van der Waals surface area (Å²) in [5.41, 5.74) is 13.6. The molecule has 0 amide bonds. The number of hydrogen-bond donors (Lipinski definition) is 0. The van der Waals surface area contributed by atoms with E-state index in [0.717, 1.165) is 49.8 Å². The monoisotopic (exact) mass is 715 g/mol. The highest BCUT2D eigenvalue weighted by atomic mass is 16.3. The number of nitrogens with zero attached hydrogens (tertiary/aromatic N) is 3. The van der Waals surface area contributed by atoms with Crippen molar-refractivity contribution in [2.24, 2.45) is 0 Å². The first-order valence-corrected chi connectivity index (χ1v) is 18.9. The van der Waals surface area contributed by atoms with Gasteiger partial charge in [-0.1, -0.05) is 176 Å². The van der Waals surface area contributed by atoms with Crippen LogP contribution in [0, 0.1) is 0 Å². The second-order valence-electron chi connectivity index (χ2n) is 14.3. The lowest BCUT2D eigenvalue weighted by Crippen LogP contribution is -2.28. The summed E-state index contributed by atoms with van der Waals surface area (Å²) in [6.07, 6.45) is 0. The number of furan rings is 1. The van der Waals surface area contributed by atoms with E-state index in [9.17, 15) is 0 Å². The third-order valence-corrected chi connectivity index (χ3v) is 11.2. The van der Waals surface area contributed by atoms with Crippen LogP contribution in [0.5, 0.6) is 0 Å². The van der Waals surface area contributed by atoms with Crippen LogP contribution < -0.4 is 0 Å². The minimum atomic E-state index is -0.499. The molecule has 0 saturated carbocycles. The molecule has 0 radical (unpaired) electrons. The minimum Gasteiger partial charge on any atom is -0.456 e. The quantitative estimate of drug-likeness (QED) is 0.172. The fourth-order valence-corrected chi connectivity index (χ4v) is 8.76. The molecular weight excluding hydrogens is 683 g/mol. The van der Waals surface area contributed by atoms with Crippen LogP contribution in [0.25, 0.3) is 78.4 Å². The molecule has 0 aliphatic heterocycles. The Balaban J connectivity index is 1.11. The average molecular weight is 716 g/mol. The lowest BCUT2D eigenvalue weighted by atomic mass is 9.67. The molecule has 8 aromatic carbocycles. The number of rotatable bonds is 6. The van der Waals surface area contributed by atoms with Gasteiger partial charge in [-0.25, -0.2) is 15.0 Å². The summed E-state index contributed by atoms with van der Waals surface area (Å²) in [6, 6.07) is 70.3. The average Bonchev–Trinajstić information content (AvgIpc) is 3.79. The smallest absolute Gasteiger partial charge is 0.164 e. The molecule has 1 aliphatic carbocycles. The maximum absolute atomic E-state index is 6.82. The molecule has 1 aliphatic rings. The molecule has 2 aromatic heterocycles. The molecule has 0 fully saturated rings. The molecule has 0 unspecified atom stereocenters. The van der Waals surface area contributed by atoms with E-state index in [1.807, 2.05) is 60.7 Å². The molecule has 4 nitrogen and oxygen atoms in total. The van der Waals surface area contributed by atoms with Crippen LogP contribution in [0.1, 0.15) is 22.3 Å². The molecule has 11 rings (SSSR count). The van der Waals surface area contributed by atoms with Gasteiger partial charge in [0.15, 0.2) is 17.5 Å². The van der Waals surface area contributed by atoms with Crippen LogP contribution in [0.15, 0.2) is 205 Å². The lowest BCUT2D eigenvalue weighted by molar-refractivity contribution is 0.666. The molecule has 2 heterocycles. The standard InChI is InChI=1S/C52H33N3O/c1-5-17-34(18-6-1)49-53-50(35-19-7-2-8-20-35)55-51(54-49)37-22-15-21-36(31-37)40-28-16-30-46-48(40)43-32-42-41-27-13-14-29-44(41)52(38-23-9-3-10-24-38,39-25-11-4-12-26-39)45(42)33-47(43)56-46/h1-33H. The van der Waals surface area contributed by atoms with Crippen molar-refractivity contribution in [1.82, 2.24) is 15.0 Å². The van der Waals surface area contributed by atoms with Crippen molar-refractivity contribution in [3.05, 3.63) is 222 Å². The van der Waals surface area contributed by atoms with Gasteiger partial charge >= 0.3 is 0 Å². The second-order valence-corrected chi connectivity index (χ2v) is 14.3. The fourth-order valence-electron chi connectivity index (χ4n) is 8.76. The van der Waals surface area contributed by atoms with Crippen LogP contribution in [0.3, 0.4) is 0 Å². The first-order chi connectivity index (χ1) is 27.8. The van der Waals surface area contributed by atoms with Gasteiger partial charge in [0.25, 0.3) is 0 Å². The molecule has 0 spiro atoms. The van der Waals surface area contributed by atoms with E-state index in [2.05, 4.69) is 140 Å². The molecule has 4 heteroatoms. The first-order valence-electron chi connectivity index (χ1n) is 18.9. The highest BCUT2D eigenvalue weighted by Crippen LogP contribution is 2.57. The third kappa shape index (κ3) is 4.96. The van der Waals surface area contributed by atoms with E-state index < -0.39 is 5.41 Å². The van der Waals surface area contributed by atoms with Crippen LogP contribution >= 0.6 is 0 Å². The highest BCUT2D eigenvalue weighted by Gasteiger charge is 2.46. The zero-order valence-corrected chi connectivity index (χ0v) is 30.3. The Kier molecular flexibility index (Phi) is 7.36. The summed E-state index contributed by atoms with van der Waals surface area (Å²) in [4.78, 5) is 14.9.